The average molecular weight is 344 g/mol. The Balaban J connectivity index is 1.80. The minimum atomic E-state index is -3.67. The molecule has 0 saturated heterocycles. The van der Waals surface area contributed by atoms with E-state index in [2.05, 4.69) is 0 Å². The molecule has 1 heterocycles. The van der Waals surface area contributed by atoms with Crippen LogP contribution in [0.15, 0.2) is 59.5 Å². The monoisotopic (exact) mass is 344 g/mol. The molecular formula is C18H20N2O3S. The molecule has 1 amide bonds. The van der Waals surface area contributed by atoms with Gasteiger partial charge in [-0.3, -0.25) is 4.79 Å². The third kappa shape index (κ3) is 2.95. The number of carbonyl (C=O) groups is 1. The lowest BCUT2D eigenvalue weighted by atomic mass is 10.1. The quantitative estimate of drug-likeness (QED) is 0.855. The van der Waals surface area contributed by atoms with Crippen LogP contribution in [0.2, 0.25) is 0 Å². The normalized spacial score (nSPS) is 17.1. The first kappa shape index (κ1) is 16.7. The second kappa shape index (κ2) is 6.37. The lowest BCUT2D eigenvalue weighted by Crippen LogP contribution is -2.43. The van der Waals surface area contributed by atoms with Gasteiger partial charge in [0, 0.05) is 18.8 Å². The van der Waals surface area contributed by atoms with Gasteiger partial charge in [0.2, 0.25) is 15.9 Å². The largest absolute Gasteiger partial charge is 0.308 e. The summed E-state index contributed by atoms with van der Waals surface area (Å²) in [6.45, 7) is 1.79. The molecule has 0 spiro atoms. The molecule has 1 aliphatic heterocycles. The fourth-order valence-electron chi connectivity index (χ4n) is 3.07. The number of hydrogen-bond acceptors (Lipinski definition) is 3. The predicted molar refractivity (Wildman–Crippen MR) is 93.4 cm³/mol. The van der Waals surface area contributed by atoms with Crippen LogP contribution < -0.4 is 4.90 Å². The lowest BCUT2D eigenvalue weighted by Gasteiger charge is -2.25. The number of fused-ring (bicyclic) bond motifs is 1. The number of para-hydroxylation sites is 1. The standard InChI is InChI=1S/C18H20N2O3S/c1-14-12-15-8-6-7-11-17(15)20(14)18(21)13-19(2)24(22,23)16-9-4-3-5-10-16/h3-11,14H,12-13H2,1-2H3/t14-/m1/s1. The average Bonchev–Trinajstić information content (AvgIpc) is 2.91. The van der Waals surface area contributed by atoms with Gasteiger partial charge in [0.25, 0.3) is 0 Å². The highest BCUT2D eigenvalue weighted by Crippen LogP contribution is 2.32. The Morgan fingerprint density at radius 3 is 2.46 bits per heavy atom. The van der Waals surface area contributed by atoms with Gasteiger partial charge in [-0.2, -0.15) is 4.31 Å². The van der Waals surface area contributed by atoms with Crippen molar-refractivity contribution in [3.05, 3.63) is 60.2 Å². The fraction of sp³-hybridized carbons (Fsp3) is 0.278. The van der Waals surface area contributed by atoms with E-state index in [4.69, 9.17) is 0 Å². The fourth-order valence-corrected chi connectivity index (χ4v) is 4.21. The minimum absolute atomic E-state index is 0.0303. The van der Waals surface area contributed by atoms with E-state index in [1.807, 2.05) is 31.2 Å². The van der Waals surface area contributed by atoms with Gasteiger partial charge in [0.05, 0.1) is 11.4 Å². The Morgan fingerprint density at radius 1 is 1.12 bits per heavy atom. The van der Waals surface area contributed by atoms with Crippen LogP contribution in [0.4, 0.5) is 5.69 Å². The van der Waals surface area contributed by atoms with Crippen molar-refractivity contribution < 1.29 is 13.2 Å². The molecule has 2 aromatic carbocycles. The van der Waals surface area contributed by atoms with E-state index < -0.39 is 10.0 Å². The van der Waals surface area contributed by atoms with Crippen LogP contribution in [0, 0.1) is 0 Å². The van der Waals surface area contributed by atoms with Crippen molar-refractivity contribution in [3.8, 4) is 0 Å². The zero-order valence-electron chi connectivity index (χ0n) is 13.7. The molecule has 0 aliphatic carbocycles. The topological polar surface area (TPSA) is 57.7 Å². The zero-order chi connectivity index (χ0) is 17.3. The van der Waals surface area contributed by atoms with Crippen molar-refractivity contribution in [2.45, 2.75) is 24.3 Å². The second-order valence-electron chi connectivity index (χ2n) is 6.02. The molecule has 5 nitrogen and oxygen atoms in total. The smallest absolute Gasteiger partial charge is 0.243 e. The van der Waals surface area contributed by atoms with E-state index in [0.717, 1.165) is 22.0 Å². The van der Waals surface area contributed by atoms with Gasteiger partial charge in [-0.1, -0.05) is 36.4 Å². The van der Waals surface area contributed by atoms with Crippen LogP contribution in [0.1, 0.15) is 12.5 Å². The van der Waals surface area contributed by atoms with Gasteiger partial charge in [0.1, 0.15) is 0 Å². The molecule has 0 N–H and O–H groups in total. The van der Waals surface area contributed by atoms with Crippen molar-refractivity contribution in [1.29, 1.82) is 0 Å². The van der Waals surface area contributed by atoms with E-state index in [9.17, 15) is 13.2 Å². The molecule has 0 unspecified atom stereocenters. The maximum atomic E-state index is 12.7. The predicted octanol–water partition coefficient (Wildman–Crippen LogP) is 2.28. The van der Waals surface area contributed by atoms with Gasteiger partial charge < -0.3 is 4.90 Å². The molecule has 2 aromatic rings. The van der Waals surface area contributed by atoms with Crippen LogP contribution in [0.25, 0.3) is 0 Å². The van der Waals surface area contributed by atoms with Gasteiger partial charge >= 0.3 is 0 Å². The molecule has 1 atom stereocenters. The summed E-state index contributed by atoms with van der Waals surface area (Å²) in [5.41, 5.74) is 1.99. The maximum Gasteiger partial charge on any atom is 0.243 e. The highest BCUT2D eigenvalue weighted by Gasteiger charge is 2.32. The van der Waals surface area contributed by atoms with E-state index in [0.29, 0.717) is 0 Å². The molecule has 126 valence electrons. The van der Waals surface area contributed by atoms with E-state index in [1.54, 1.807) is 23.1 Å². The summed E-state index contributed by atoms with van der Waals surface area (Å²) in [5.74, 6) is -0.213. The first-order chi connectivity index (χ1) is 11.4. The highest BCUT2D eigenvalue weighted by atomic mass is 32.2. The molecular weight excluding hydrogens is 324 g/mol. The van der Waals surface area contributed by atoms with Crippen LogP contribution in [-0.2, 0) is 21.2 Å². The van der Waals surface area contributed by atoms with Crippen LogP contribution in [0.5, 0.6) is 0 Å². The summed E-state index contributed by atoms with van der Waals surface area (Å²) < 4.78 is 26.2. The molecule has 0 aromatic heterocycles. The number of amides is 1. The van der Waals surface area contributed by atoms with Gasteiger partial charge in [-0.05, 0) is 37.1 Å². The van der Waals surface area contributed by atoms with Crippen molar-refractivity contribution in [2.75, 3.05) is 18.5 Å². The van der Waals surface area contributed by atoms with Gasteiger partial charge in [-0.15, -0.1) is 0 Å². The Morgan fingerprint density at radius 2 is 1.75 bits per heavy atom. The molecule has 0 saturated carbocycles. The third-order valence-corrected chi connectivity index (χ3v) is 6.10. The van der Waals surface area contributed by atoms with Gasteiger partial charge in [-0.25, -0.2) is 8.42 Å². The highest BCUT2D eigenvalue weighted by molar-refractivity contribution is 7.89. The molecule has 0 fully saturated rings. The molecule has 1 aliphatic rings. The summed E-state index contributed by atoms with van der Waals surface area (Å²) in [7, 11) is -2.24. The number of sulfonamides is 1. The van der Waals surface area contributed by atoms with E-state index >= 15 is 0 Å². The van der Waals surface area contributed by atoms with Crippen molar-refractivity contribution in [2.24, 2.45) is 0 Å². The second-order valence-corrected chi connectivity index (χ2v) is 8.06. The maximum absolute atomic E-state index is 12.7. The molecule has 6 heteroatoms. The van der Waals surface area contributed by atoms with Crippen molar-refractivity contribution >= 4 is 21.6 Å². The third-order valence-electron chi connectivity index (χ3n) is 4.29. The van der Waals surface area contributed by atoms with Crippen LogP contribution in [-0.4, -0.2) is 38.3 Å². The summed E-state index contributed by atoms with van der Waals surface area (Å²) >= 11 is 0. The summed E-state index contributed by atoms with van der Waals surface area (Å²) in [4.78, 5) is 14.6. The summed E-state index contributed by atoms with van der Waals surface area (Å²) in [5, 5.41) is 0. The summed E-state index contributed by atoms with van der Waals surface area (Å²) in [6.07, 6.45) is 0.789. The van der Waals surface area contributed by atoms with Gasteiger partial charge in [0.15, 0.2) is 0 Å². The SMILES string of the molecule is C[C@@H]1Cc2ccccc2N1C(=O)CN(C)S(=O)(=O)c1ccccc1. The molecule has 24 heavy (non-hydrogen) atoms. The lowest BCUT2D eigenvalue weighted by molar-refractivity contribution is -0.118. The van der Waals surface area contributed by atoms with E-state index in [-0.39, 0.29) is 23.4 Å². The van der Waals surface area contributed by atoms with E-state index in [1.165, 1.54) is 19.2 Å². The van der Waals surface area contributed by atoms with Crippen molar-refractivity contribution in [1.82, 2.24) is 4.31 Å². The molecule has 3 rings (SSSR count). The Kier molecular flexibility index (Phi) is 4.43. The number of anilines is 1. The minimum Gasteiger partial charge on any atom is -0.308 e. The van der Waals surface area contributed by atoms with Crippen molar-refractivity contribution in [3.63, 3.8) is 0 Å². The number of nitrogens with zero attached hydrogens (tertiary/aromatic N) is 2. The number of likely N-dealkylation sites (N-methyl/N-ethyl adjacent to an activating group) is 1. The summed E-state index contributed by atoms with van der Waals surface area (Å²) in [6, 6.07) is 15.9. The van der Waals surface area contributed by atoms with Crippen LogP contribution in [0.3, 0.4) is 0 Å². The number of benzene rings is 2. The Labute approximate surface area is 142 Å². The first-order valence-corrected chi connectivity index (χ1v) is 9.26. The number of hydrogen-bond donors (Lipinski definition) is 0. The van der Waals surface area contributed by atoms with Crippen LogP contribution >= 0.6 is 0 Å². The molecule has 0 radical (unpaired) electrons. The first-order valence-electron chi connectivity index (χ1n) is 7.82. The zero-order valence-corrected chi connectivity index (χ0v) is 14.5. The molecule has 0 bridgehead atoms. The Bertz CT molecular complexity index is 850. The number of rotatable bonds is 4. The number of carbonyl (C=O) groups excluding carboxylic acids is 1. The Hall–Kier alpha value is -2.18.